The number of benzene rings is 2. The molecular formula is C15H13ClO3. The monoisotopic (exact) mass is 276 g/mol. The molecule has 0 aromatic heterocycles. The lowest BCUT2D eigenvalue weighted by Crippen LogP contribution is -2.18. The Balaban J connectivity index is 2.32. The normalized spacial score (nSPS) is 11.9. The van der Waals surface area contributed by atoms with Crippen LogP contribution in [0.3, 0.4) is 0 Å². The van der Waals surface area contributed by atoms with Gasteiger partial charge in [0.2, 0.25) is 6.10 Å². The Kier molecular flexibility index (Phi) is 4.07. The molecule has 4 heteroatoms. The van der Waals surface area contributed by atoms with Crippen molar-refractivity contribution < 1.29 is 14.6 Å². The maximum atomic E-state index is 11.3. The average molecular weight is 277 g/mol. The van der Waals surface area contributed by atoms with E-state index >= 15 is 0 Å². The van der Waals surface area contributed by atoms with E-state index in [2.05, 4.69) is 0 Å². The van der Waals surface area contributed by atoms with Crippen molar-refractivity contribution in [2.75, 3.05) is 0 Å². The third-order valence-corrected chi connectivity index (χ3v) is 2.97. The molecule has 2 rings (SSSR count). The van der Waals surface area contributed by atoms with Gasteiger partial charge in [-0.3, -0.25) is 0 Å². The summed E-state index contributed by atoms with van der Waals surface area (Å²) >= 11 is 6.01. The van der Waals surface area contributed by atoms with Crippen molar-refractivity contribution in [3.8, 4) is 5.75 Å². The number of carboxylic acids is 1. The summed E-state index contributed by atoms with van der Waals surface area (Å²) in [7, 11) is 0. The molecule has 0 bridgehead atoms. The minimum absolute atomic E-state index is 0.373. The first-order valence-corrected chi connectivity index (χ1v) is 6.16. The van der Waals surface area contributed by atoms with Crippen LogP contribution in [0.4, 0.5) is 0 Å². The lowest BCUT2D eigenvalue weighted by atomic mass is 10.1. The Morgan fingerprint density at radius 3 is 2.53 bits per heavy atom. The SMILES string of the molecule is Cc1ccc(Cl)c(OC(C(=O)O)c2ccccc2)c1. The fourth-order valence-electron chi connectivity index (χ4n) is 1.72. The highest BCUT2D eigenvalue weighted by molar-refractivity contribution is 6.32. The van der Waals surface area contributed by atoms with Crippen LogP contribution < -0.4 is 4.74 Å². The lowest BCUT2D eigenvalue weighted by molar-refractivity contribution is -0.145. The Morgan fingerprint density at radius 2 is 1.89 bits per heavy atom. The highest BCUT2D eigenvalue weighted by Crippen LogP contribution is 2.30. The van der Waals surface area contributed by atoms with E-state index in [1.807, 2.05) is 19.1 Å². The molecule has 3 nitrogen and oxygen atoms in total. The number of rotatable bonds is 4. The van der Waals surface area contributed by atoms with Gasteiger partial charge in [-0.15, -0.1) is 0 Å². The van der Waals surface area contributed by atoms with Gasteiger partial charge in [0.25, 0.3) is 0 Å². The summed E-state index contributed by atoms with van der Waals surface area (Å²) in [5, 5.41) is 9.68. The predicted molar refractivity (Wildman–Crippen MR) is 73.6 cm³/mol. The number of carboxylic acid groups (broad SMARTS) is 1. The smallest absolute Gasteiger partial charge is 0.349 e. The van der Waals surface area contributed by atoms with Crippen molar-refractivity contribution in [3.05, 3.63) is 64.7 Å². The van der Waals surface area contributed by atoms with Crippen molar-refractivity contribution in [3.63, 3.8) is 0 Å². The Bertz CT molecular complexity index is 581. The van der Waals surface area contributed by atoms with Crippen LogP contribution in [0, 0.1) is 6.92 Å². The molecule has 0 heterocycles. The third kappa shape index (κ3) is 3.26. The van der Waals surface area contributed by atoms with Gasteiger partial charge in [-0.05, 0) is 24.6 Å². The second-order valence-corrected chi connectivity index (χ2v) is 4.59. The molecule has 2 aromatic carbocycles. The van der Waals surface area contributed by atoms with Crippen LogP contribution in [0.25, 0.3) is 0 Å². The van der Waals surface area contributed by atoms with E-state index in [9.17, 15) is 9.90 Å². The molecule has 0 saturated carbocycles. The van der Waals surface area contributed by atoms with Gasteiger partial charge in [-0.25, -0.2) is 4.79 Å². The summed E-state index contributed by atoms with van der Waals surface area (Å²) in [6.07, 6.45) is -1.07. The van der Waals surface area contributed by atoms with E-state index in [4.69, 9.17) is 16.3 Å². The number of ether oxygens (including phenoxy) is 1. The van der Waals surface area contributed by atoms with E-state index in [1.165, 1.54) is 0 Å². The molecule has 0 amide bonds. The van der Waals surface area contributed by atoms with Gasteiger partial charge in [0, 0.05) is 5.56 Å². The van der Waals surface area contributed by atoms with Crippen LogP contribution in [0.2, 0.25) is 5.02 Å². The van der Waals surface area contributed by atoms with Gasteiger partial charge >= 0.3 is 5.97 Å². The Labute approximate surface area is 116 Å². The number of carbonyl (C=O) groups is 1. The number of aryl methyl sites for hydroxylation is 1. The molecule has 98 valence electrons. The molecule has 2 aromatic rings. The van der Waals surface area contributed by atoms with Crippen molar-refractivity contribution in [1.82, 2.24) is 0 Å². The molecule has 0 aliphatic carbocycles. The van der Waals surface area contributed by atoms with Gasteiger partial charge in [0.05, 0.1) is 5.02 Å². The molecule has 1 atom stereocenters. The van der Waals surface area contributed by atoms with E-state index < -0.39 is 12.1 Å². The molecule has 19 heavy (non-hydrogen) atoms. The molecule has 1 N–H and O–H groups in total. The molecule has 0 spiro atoms. The van der Waals surface area contributed by atoms with E-state index in [0.29, 0.717) is 16.3 Å². The van der Waals surface area contributed by atoms with Crippen LogP contribution in [-0.4, -0.2) is 11.1 Å². The van der Waals surface area contributed by atoms with Crippen LogP contribution >= 0.6 is 11.6 Å². The van der Waals surface area contributed by atoms with Crippen molar-refractivity contribution >= 4 is 17.6 Å². The molecule has 0 fully saturated rings. The topological polar surface area (TPSA) is 46.5 Å². The highest BCUT2D eigenvalue weighted by atomic mass is 35.5. The average Bonchev–Trinajstić information content (AvgIpc) is 2.40. The van der Waals surface area contributed by atoms with Gasteiger partial charge in [-0.1, -0.05) is 48.0 Å². The summed E-state index contributed by atoms with van der Waals surface area (Å²) in [6.45, 7) is 1.89. The maximum absolute atomic E-state index is 11.3. The minimum atomic E-state index is -1.07. The standard InChI is InChI=1S/C15H13ClO3/c1-10-7-8-12(16)13(9-10)19-14(15(17)18)11-5-3-2-4-6-11/h2-9,14H,1H3,(H,17,18). The van der Waals surface area contributed by atoms with Crippen LogP contribution in [-0.2, 0) is 4.79 Å². The molecule has 1 unspecified atom stereocenters. The molecule has 0 aliphatic rings. The Morgan fingerprint density at radius 1 is 1.21 bits per heavy atom. The first kappa shape index (κ1) is 13.4. The van der Waals surface area contributed by atoms with Crippen molar-refractivity contribution in [2.45, 2.75) is 13.0 Å². The van der Waals surface area contributed by atoms with Gasteiger partial charge in [0.15, 0.2) is 0 Å². The third-order valence-electron chi connectivity index (χ3n) is 2.66. The fraction of sp³-hybridized carbons (Fsp3) is 0.133. The number of hydrogen-bond acceptors (Lipinski definition) is 2. The zero-order valence-corrected chi connectivity index (χ0v) is 11.1. The number of aliphatic carboxylic acids is 1. The zero-order chi connectivity index (χ0) is 13.8. The van der Waals surface area contributed by atoms with E-state index in [0.717, 1.165) is 5.56 Å². The summed E-state index contributed by atoms with van der Waals surface area (Å²) < 4.78 is 5.54. The van der Waals surface area contributed by atoms with E-state index in [-0.39, 0.29) is 0 Å². The van der Waals surface area contributed by atoms with Crippen molar-refractivity contribution in [2.24, 2.45) is 0 Å². The lowest BCUT2D eigenvalue weighted by Gasteiger charge is -2.16. The van der Waals surface area contributed by atoms with Crippen LogP contribution in [0.1, 0.15) is 17.2 Å². The van der Waals surface area contributed by atoms with E-state index in [1.54, 1.807) is 36.4 Å². The zero-order valence-electron chi connectivity index (χ0n) is 10.3. The molecular weight excluding hydrogens is 264 g/mol. The van der Waals surface area contributed by atoms with Crippen molar-refractivity contribution in [1.29, 1.82) is 0 Å². The quantitative estimate of drug-likeness (QED) is 0.922. The maximum Gasteiger partial charge on any atom is 0.349 e. The van der Waals surface area contributed by atoms with Crippen LogP contribution in [0.5, 0.6) is 5.75 Å². The van der Waals surface area contributed by atoms with Gasteiger partial charge in [0.1, 0.15) is 5.75 Å². The molecule has 0 radical (unpaired) electrons. The summed E-state index contributed by atoms with van der Waals surface area (Å²) in [4.78, 5) is 11.3. The number of hydrogen-bond donors (Lipinski definition) is 1. The summed E-state index contributed by atoms with van der Waals surface area (Å²) in [6, 6.07) is 14.0. The number of halogens is 1. The molecule has 0 aliphatic heterocycles. The minimum Gasteiger partial charge on any atom is -0.478 e. The first-order chi connectivity index (χ1) is 9.08. The summed E-state index contributed by atoms with van der Waals surface area (Å²) in [5.41, 5.74) is 1.53. The largest absolute Gasteiger partial charge is 0.478 e. The summed E-state index contributed by atoms with van der Waals surface area (Å²) in [5.74, 6) is -0.679. The Hall–Kier alpha value is -2.00. The molecule has 0 saturated heterocycles. The van der Waals surface area contributed by atoms with Gasteiger partial charge in [-0.2, -0.15) is 0 Å². The predicted octanol–water partition coefficient (Wildman–Crippen LogP) is 3.85. The first-order valence-electron chi connectivity index (χ1n) is 5.78. The fourth-order valence-corrected chi connectivity index (χ4v) is 1.88. The second-order valence-electron chi connectivity index (χ2n) is 4.18. The second kappa shape index (κ2) is 5.76. The highest BCUT2D eigenvalue weighted by Gasteiger charge is 2.22. The van der Waals surface area contributed by atoms with Gasteiger partial charge < -0.3 is 9.84 Å². The van der Waals surface area contributed by atoms with Crippen LogP contribution in [0.15, 0.2) is 48.5 Å².